The van der Waals surface area contributed by atoms with Crippen molar-refractivity contribution in [1.82, 2.24) is 0 Å². The van der Waals surface area contributed by atoms with Crippen molar-refractivity contribution in [2.75, 3.05) is 24.0 Å². The Hall–Kier alpha value is -20.1. The van der Waals surface area contributed by atoms with E-state index in [4.69, 9.17) is 4.74 Å². The van der Waals surface area contributed by atoms with Gasteiger partial charge in [-0.15, -0.1) is 0 Å². The molecule has 1 amide bonds. The highest BCUT2D eigenvalue weighted by molar-refractivity contribution is 6.40. The van der Waals surface area contributed by atoms with E-state index in [1.807, 2.05) is 19.9 Å². The Bertz CT molecular complexity index is 7100. The zero-order valence-corrected chi connectivity index (χ0v) is 56.4. The summed E-state index contributed by atoms with van der Waals surface area (Å²) in [6.07, 6.45) is 4.18. The number of hydrogen-bond donors (Lipinski definition) is 1. The number of hydrogen-bond acceptors (Lipinski definition) is 6. The Balaban J connectivity index is 0.00000118. The SMILES string of the molecule is C=C=C=C=C=C=C=C=C=C=C=C=C=C=C=C=C=C=C=C=C=C=C=C=C=C=C=C=C=C=C=C=C=C=C=C=C=C=C=C=C=C=C=C=C=C=C=C=C=C=C=C=C=C=C=C=C=C=C=C=C=C=C=C=C=C=C=C=C=C=C=C=C=C=C=C=C=C=C=C.COC(=O)CN1C(=O)C(C)(C)c2cc(N/N=C3/CCCCCC3=O)ccc21. The Kier molecular flexibility index (Phi) is 48.1. The van der Waals surface area contributed by atoms with E-state index >= 15 is 0 Å². The normalized spacial score (nSPS) is 8.10. The molecular weight excluding hydrogens is 1310 g/mol. The van der Waals surface area contributed by atoms with Crippen molar-refractivity contribution in [3.8, 4) is 0 Å². The molecule has 3 rings (SSSR count). The van der Waals surface area contributed by atoms with Crippen molar-refractivity contribution in [3.63, 3.8) is 0 Å². The second-order valence-corrected chi connectivity index (χ2v) is 17.3. The number of amides is 1. The fourth-order valence-electron chi connectivity index (χ4n) is 5.94. The summed E-state index contributed by atoms with van der Waals surface area (Å²) in [6, 6.07) is 5.45. The molecule has 0 radical (unpaired) electrons. The number of ether oxygens (including phenoxy) is 1. The zero-order chi connectivity index (χ0) is 76.8. The first-order valence-corrected chi connectivity index (χ1v) is 29.2. The molecular formula is C100H29N3O4. The highest BCUT2D eigenvalue weighted by atomic mass is 16.5. The molecule has 0 atom stereocenters. The molecule has 107 heavy (non-hydrogen) atoms. The molecule has 1 N–H and O–H groups in total. The molecule has 1 aliphatic heterocycles. The Morgan fingerprint density at radius 2 is 0.570 bits per heavy atom. The van der Waals surface area contributed by atoms with E-state index in [0.29, 0.717) is 29.9 Å². The van der Waals surface area contributed by atoms with Crippen LogP contribution in [-0.2, 0) is 24.5 Å². The number of methoxy groups -OCH3 is 1. The van der Waals surface area contributed by atoms with Gasteiger partial charge in [-0.2, -0.15) is 5.10 Å². The van der Waals surface area contributed by atoms with Crippen LogP contribution in [-0.4, -0.2) is 37.0 Å². The van der Waals surface area contributed by atoms with E-state index in [0.717, 1.165) is 24.8 Å². The molecule has 1 saturated carbocycles. The van der Waals surface area contributed by atoms with Gasteiger partial charge in [-0.3, -0.25) is 19.8 Å². The van der Waals surface area contributed by atoms with E-state index in [1.54, 1.807) is 12.1 Å². The number of hydrazone groups is 1. The number of carbonyl (C=O) groups excluding carboxylic acids is 3. The largest absolute Gasteiger partial charge is 0.468 e. The number of Topliss-reactive ketones (excluding diaryl/α,β-unsaturated/α-hetero) is 1. The standard InChI is InChI=1S/C80H4.C20H25N3O4/c1-3-5-7-9-11-13-15-17-19-21-23-25-27-29-31-33-35-37-39-41-43-45-47-49-51-53-55-57-59-61-63-65-67-69-71-73-75-77-79-80-78-76-74-72-70-68-66-64-62-60-58-56-54-52-50-48-46-44-42-40-38-36-34-32-30-28-26-24-22-20-18-16-14-12-10-8-6-4-2;1-20(2)14-11-13(21-22-15-7-5-4-6-8-17(15)24)9-10-16(14)23(19(20)26)12-18(25)27-3/h1-2H2;9-11,21H,4-8,12H2,1-3H3/b;22-15-. The summed E-state index contributed by atoms with van der Waals surface area (Å²) in [5.41, 5.74) is 199. The van der Waals surface area contributed by atoms with Crippen LogP contribution in [0.25, 0.3) is 0 Å². The summed E-state index contributed by atoms with van der Waals surface area (Å²) in [7, 11) is 1.30. The maximum Gasteiger partial charge on any atom is 0.325 e. The van der Waals surface area contributed by atoms with Gasteiger partial charge in [0.2, 0.25) is 5.91 Å². The molecule has 7 heteroatoms. The molecule has 468 valence electrons. The van der Waals surface area contributed by atoms with Crippen molar-refractivity contribution in [1.29, 1.82) is 0 Å². The van der Waals surface area contributed by atoms with E-state index in [9.17, 15) is 14.4 Å². The molecule has 1 aromatic rings. The summed E-state index contributed by atoms with van der Waals surface area (Å²) in [5.74, 6) is -0.515. The van der Waals surface area contributed by atoms with Gasteiger partial charge < -0.3 is 9.64 Å². The van der Waals surface area contributed by atoms with Crippen molar-refractivity contribution in [2.24, 2.45) is 5.10 Å². The van der Waals surface area contributed by atoms with E-state index in [2.05, 4.69) is 471 Å². The van der Waals surface area contributed by atoms with Gasteiger partial charge in [0.05, 0.1) is 18.2 Å². The van der Waals surface area contributed by atoms with Crippen LogP contribution < -0.4 is 10.3 Å². The predicted octanol–water partition coefficient (Wildman–Crippen LogP) is 15.7. The molecule has 2 aliphatic rings. The quantitative estimate of drug-likeness (QED) is 0.140. The van der Waals surface area contributed by atoms with Crippen molar-refractivity contribution >= 4 is 34.7 Å². The van der Waals surface area contributed by atoms with Crippen LogP contribution in [0.3, 0.4) is 0 Å². The van der Waals surface area contributed by atoms with Crippen LogP contribution in [0.2, 0.25) is 0 Å². The van der Waals surface area contributed by atoms with Gasteiger partial charge in [-0.05, 0) is 162 Å². The zero-order valence-electron chi connectivity index (χ0n) is 56.4. The number of esters is 1. The maximum absolute atomic E-state index is 12.8. The number of nitrogens with zero attached hydrogens (tertiary/aromatic N) is 2. The summed E-state index contributed by atoms with van der Waals surface area (Å²) in [6.45, 7) is 10.2. The number of nitrogens with one attached hydrogen (secondary N) is 1. The van der Waals surface area contributed by atoms with Gasteiger partial charge in [-0.25, -0.2) is 0 Å². The van der Waals surface area contributed by atoms with E-state index in [-0.39, 0.29) is 18.2 Å². The Labute approximate surface area is 614 Å². The highest BCUT2D eigenvalue weighted by Crippen LogP contribution is 2.42. The van der Waals surface area contributed by atoms with Crippen molar-refractivity contribution in [2.45, 2.75) is 51.4 Å². The van der Waals surface area contributed by atoms with Gasteiger partial charge in [0.25, 0.3) is 0 Å². The molecule has 1 heterocycles. The fraction of sp³-hybridized carbons (Fsp3) is 0.100. The molecule has 1 aliphatic carbocycles. The lowest BCUT2D eigenvalue weighted by Gasteiger charge is -2.19. The van der Waals surface area contributed by atoms with Crippen LogP contribution in [0.1, 0.15) is 51.5 Å². The van der Waals surface area contributed by atoms with Gasteiger partial charge in [-0.1, -0.05) is 17.9 Å². The van der Waals surface area contributed by atoms with Crippen LogP contribution >= 0.6 is 0 Å². The van der Waals surface area contributed by atoms with E-state index < -0.39 is 11.4 Å². The minimum Gasteiger partial charge on any atom is -0.468 e. The fourth-order valence-corrected chi connectivity index (χ4v) is 5.94. The summed E-state index contributed by atoms with van der Waals surface area (Å²) >= 11 is 0. The number of ketones is 1. The lowest BCUT2D eigenvalue weighted by atomic mass is 9.86. The molecule has 0 aromatic heterocycles. The molecule has 0 unspecified atom stereocenters. The second-order valence-electron chi connectivity index (χ2n) is 17.3. The molecule has 1 aromatic carbocycles. The first-order chi connectivity index (χ1) is 52.8. The minimum absolute atomic E-state index is 0.0981. The molecule has 0 spiro atoms. The third-order valence-electron chi connectivity index (χ3n) is 10.1. The molecule has 7 nitrogen and oxygen atoms in total. The average Bonchev–Trinajstić information content (AvgIpc) is 1.60. The number of fused-ring (bicyclic) bond motifs is 1. The summed E-state index contributed by atoms with van der Waals surface area (Å²) in [4.78, 5) is 37.9. The number of benzene rings is 1. The van der Waals surface area contributed by atoms with Gasteiger partial charge >= 0.3 is 5.97 Å². The van der Waals surface area contributed by atoms with Crippen molar-refractivity contribution in [3.05, 3.63) is 484 Å². The lowest BCUT2D eigenvalue weighted by molar-refractivity contribution is -0.140. The first-order valence-electron chi connectivity index (χ1n) is 29.2. The Morgan fingerprint density at radius 1 is 0.355 bits per heavy atom. The van der Waals surface area contributed by atoms with Crippen LogP contribution in [0.5, 0.6) is 0 Å². The topological polar surface area (TPSA) is 88.1 Å². The predicted molar refractivity (Wildman–Crippen MR) is 388 cm³/mol. The number of carbonyl (C=O) groups is 3. The van der Waals surface area contributed by atoms with Gasteiger partial charge in [0, 0.05) is 356 Å². The highest BCUT2D eigenvalue weighted by Gasteiger charge is 2.44. The van der Waals surface area contributed by atoms with Crippen molar-refractivity contribution < 1.29 is 19.1 Å². The molecule has 1 fully saturated rings. The van der Waals surface area contributed by atoms with Crippen LogP contribution in [0, 0.1) is 0 Å². The number of rotatable bonds is 4. The number of anilines is 2. The third kappa shape index (κ3) is 47.4. The second kappa shape index (κ2) is 62.0. The average molecular weight is 1340 g/mol. The van der Waals surface area contributed by atoms with Crippen LogP contribution in [0.4, 0.5) is 11.4 Å². The smallest absolute Gasteiger partial charge is 0.325 e. The minimum atomic E-state index is -0.758. The third-order valence-corrected chi connectivity index (χ3v) is 10.1. The van der Waals surface area contributed by atoms with Gasteiger partial charge in [0.1, 0.15) is 12.3 Å². The summed E-state index contributed by atoms with van der Waals surface area (Å²) in [5, 5.41) is 4.31. The first kappa shape index (κ1) is 83.0. The Morgan fingerprint density at radius 3 is 0.785 bits per heavy atom. The molecule has 0 saturated heterocycles. The lowest BCUT2D eigenvalue weighted by Crippen LogP contribution is -2.39. The van der Waals surface area contributed by atoms with Gasteiger partial charge in [0.15, 0.2) is 5.78 Å². The molecule has 0 bridgehead atoms. The maximum atomic E-state index is 12.8. The monoisotopic (exact) mass is 1340 g/mol. The summed E-state index contributed by atoms with van der Waals surface area (Å²) < 4.78 is 4.70. The van der Waals surface area contributed by atoms with E-state index in [1.165, 1.54) is 12.0 Å². The van der Waals surface area contributed by atoms with Crippen LogP contribution in [0.15, 0.2) is 483 Å².